The number of rotatable bonds is 1. The van der Waals surface area contributed by atoms with E-state index >= 15 is 0 Å². The Morgan fingerprint density at radius 1 is 1.20 bits per heavy atom. The Balaban J connectivity index is 2.35. The van der Waals surface area contributed by atoms with E-state index in [2.05, 4.69) is 4.74 Å². The number of ketones is 1. The number of aliphatic hydroxyl groups is 1. The standard InChI is InChI=1S/C11H8O4/c12-9-8(10(13)15-11(9)14)6-7-4-2-1-3-5-7/h1-6,11,14H. The molecule has 0 bridgehead atoms. The van der Waals surface area contributed by atoms with Crippen LogP contribution in [0.5, 0.6) is 0 Å². The van der Waals surface area contributed by atoms with E-state index in [1.165, 1.54) is 6.08 Å². The van der Waals surface area contributed by atoms with Crippen LogP contribution in [0.4, 0.5) is 0 Å². The minimum atomic E-state index is -1.65. The van der Waals surface area contributed by atoms with Crippen LogP contribution in [0.2, 0.25) is 0 Å². The first kappa shape index (κ1) is 9.61. The zero-order valence-electron chi connectivity index (χ0n) is 7.71. The summed E-state index contributed by atoms with van der Waals surface area (Å²) in [4.78, 5) is 22.4. The van der Waals surface area contributed by atoms with Gasteiger partial charge in [0.2, 0.25) is 5.78 Å². The average molecular weight is 204 g/mol. The maximum Gasteiger partial charge on any atom is 0.344 e. The molecule has 0 radical (unpaired) electrons. The Hall–Kier alpha value is -1.94. The lowest BCUT2D eigenvalue weighted by atomic mass is 10.1. The molecule has 1 unspecified atom stereocenters. The fourth-order valence-corrected chi connectivity index (χ4v) is 1.30. The molecule has 1 saturated heterocycles. The predicted octanol–water partition coefficient (Wildman–Crippen LogP) is 0.514. The Kier molecular flexibility index (Phi) is 2.35. The number of benzene rings is 1. The summed E-state index contributed by atoms with van der Waals surface area (Å²) in [5.74, 6) is -1.47. The molecule has 1 aromatic carbocycles. The third kappa shape index (κ3) is 1.80. The molecule has 0 spiro atoms. The highest BCUT2D eigenvalue weighted by molar-refractivity contribution is 6.25. The van der Waals surface area contributed by atoms with Crippen molar-refractivity contribution in [1.29, 1.82) is 0 Å². The number of carbonyl (C=O) groups excluding carboxylic acids is 2. The molecule has 1 N–H and O–H groups in total. The molecule has 1 heterocycles. The van der Waals surface area contributed by atoms with Crippen LogP contribution in [0.25, 0.3) is 6.08 Å². The van der Waals surface area contributed by atoms with Gasteiger partial charge in [-0.05, 0) is 11.6 Å². The Labute approximate surface area is 85.8 Å². The molecule has 76 valence electrons. The third-order valence-electron chi connectivity index (χ3n) is 2.04. The number of hydrogen-bond donors (Lipinski definition) is 1. The zero-order valence-corrected chi connectivity index (χ0v) is 7.71. The summed E-state index contributed by atoms with van der Waals surface area (Å²) in [5, 5.41) is 8.98. The highest BCUT2D eigenvalue weighted by Gasteiger charge is 2.36. The van der Waals surface area contributed by atoms with Crippen LogP contribution < -0.4 is 0 Å². The summed E-state index contributed by atoms with van der Waals surface area (Å²) in [6, 6.07) is 8.89. The van der Waals surface area contributed by atoms with Crippen LogP contribution in [-0.2, 0) is 14.3 Å². The van der Waals surface area contributed by atoms with E-state index in [1.54, 1.807) is 24.3 Å². The lowest BCUT2D eigenvalue weighted by Gasteiger charge is -1.93. The number of ether oxygens (including phenoxy) is 1. The van der Waals surface area contributed by atoms with Crippen molar-refractivity contribution in [3.8, 4) is 0 Å². The average Bonchev–Trinajstić information content (AvgIpc) is 2.47. The molecule has 0 aromatic heterocycles. The van der Waals surface area contributed by atoms with Crippen LogP contribution >= 0.6 is 0 Å². The quantitative estimate of drug-likeness (QED) is 0.411. The molecule has 2 rings (SSSR count). The van der Waals surface area contributed by atoms with Gasteiger partial charge in [0.05, 0.1) is 0 Å². The molecule has 1 aromatic rings. The first-order chi connectivity index (χ1) is 7.18. The van der Waals surface area contributed by atoms with Crippen LogP contribution in [0.1, 0.15) is 5.56 Å². The fraction of sp³-hybridized carbons (Fsp3) is 0.0909. The van der Waals surface area contributed by atoms with E-state index in [9.17, 15) is 9.59 Å². The van der Waals surface area contributed by atoms with Gasteiger partial charge in [0.25, 0.3) is 6.29 Å². The molecule has 4 nitrogen and oxygen atoms in total. The summed E-state index contributed by atoms with van der Waals surface area (Å²) in [5.41, 5.74) is 0.598. The molecule has 0 amide bonds. The molecular formula is C11H8O4. The molecule has 1 aliphatic rings. The van der Waals surface area contributed by atoms with Crippen molar-refractivity contribution >= 4 is 17.8 Å². The van der Waals surface area contributed by atoms with Crippen LogP contribution in [0, 0.1) is 0 Å². The van der Waals surface area contributed by atoms with Crippen LogP contribution in [-0.4, -0.2) is 23.1 Å². The van der Waals surface area contributed by atoms with E-state index in [0.29, 0.717) is 5.56 Å². The van der Waals surface area contributed by atoms with Crippen molar-refractivity contribution in [2.24, 2.45) is 0 Å². The topological polar surface area (TPSA) is 63.6 Å². The van der Waals surface area contributed by atoms with E-state index < -0.39 is 18.0 Å². The SMILES string of the molecule is O=C1OC(O)C(=O)C1=Cc1ccccc1. The van der Waals surface area contributed by atoms with Crippen LogP contribution in [0.3, 0.4) is 0 Å². The molecule has 1 aliphatic heterocycles. The summed E-state index contributed by atoms with van der Waals surface area (Å²) in [6.07, 6.45) is -0.242. The number of cyclic esters (lactones) is 1. The monoisotopic (exact) mass is 204 g/mol. The van der Waals surface area contributed by atoms with Gasteiger partial charge in [-0.25, -0.2) is 4.79 Å². The van der Waals surface area contributed by atoms with Gasteiger partial charge in [0.15, 0.2) is 0 Å². The number of Topliss-reactive ketones (excluding diaryl/α,β-unsaturated/α-hetero) is 1. The van der Waals surface area contributed by atoms with E-state index in [1.807, 2.05) is 6.07 Å². The first-order valence-corrected chi connectivity index (χ1v) is 4.38. The Morgan fingerprint density at radius 2 is 1.87 bits per heavy atom. The van der Waals surface area contributed by atoms with E-state index in [0.717, 1.165) is 0 Å². The van der Waals surface area contributed by atoms with Crippen molar-refractivity contribution < 1.29 is 19.4 Å². The van der Waals surface area contributed by atoms with Gasteiger partial charge in [-0.1, -0.05) is 30.3 Å². The molecule has 1 fully saturated rings. The van der Waals surface area contributed by atoms with Gasteiger partial charge in [0, 0.05) is 0 Å². The summed E-state index contributed by atoms with van der Waals surface area (Å²) in [6.45, 7) is 0. The van der Waals surface area contributed by atoms with Crippen molar-refractivity contribution in [1.82, 2.24) is 0 Å². The number of aliphatic hydroxyl groups excluding tert-OH is 1. The summed E-state index contributed by atoms with van der Waals surface area (Å²) >= 11 is 0. The highest BCUT2D eigenvalue weighted by Crippen LogP contribution is 2.17. The highest BCUT2D eigenvalue weighted by atomic mass is 16.6. The molecule has 1 atom stereocenters. The van der Waals surface area contributed by atoms with Crippen molar-refractivity contribution in [2.75, 3.05) is 0 Å². The second kappa shape index (κ2) is 3.67. The van der Waals surface area contributed by atoms with Crippen molar-refractivity contribution in [3.05, 3.63) is 41.5 Å². The number of hydrogen-bond acceptors (Lipinski definition) is 4. The molecule has 0 saturated carbocycles. The lowest BCUT2D eigenvalue weighted by Crippen LogP contribution is -2.13. The summed E-state index contributed by atoms with van der Waals surface area (Å²) in [7, 11) is 0. The fourth-order valence-electron chi connectivity index (χ4n) is 1.30. The molecule has 4 heteroatoms. The predicted molar refractivity (Wildman–Crippen MR) is 51.5 cm³/mol. The Bertz CT molecular complexity index is 433. The normalized spacial score (nSPS) is 23.3. The van der Waals surface area contributed by atoms with Crippen molar-refractivity contribution in [3.63, 3.8) is 0 Å². The van der Waals surface area contributed by atoms with Gasteiger partial charge in [-0.3, -0.25) is 4.79 Å². The van der Waals surface area contributed by atoms with Gasteiger partial charge < -0.3 is 9.84 Å². The van der Waals surface area contributed by atoms with Gasteiger partial charge in [0.1, 0.15) is 5.57 Å². The molecule has 15 heavy (non-hydrogen) atoms. The minimum Gasteiger partial charge on any atom is -0.424 e. The maximum absolute atomic E-state index is 11.3. The number of carbonyl (C=O) groups is 2. The minimum absolute atomic E-state index is 0.117. The first-order valence-electron chi connectivity index (χ1n) is 4.38. The zero-order chi connectivity index (χ0) is 10.8. The van der Waals surface area contributed by atoms with E-state index in [-0.39, 0.29) is 5.57 Å². The van der Waals surface area contributed by atoms with Gasteiger partial charge in [-0.2, -0.15) is 0 Å². The van der Waals surface area contributed by atoms with Gasteiger partial charge >= 0.3 is 5.97 Å². The lowest BCUT2D eigenvalue weighted by molar-refractivity contribution is -0.157. The maximum atomic E-state index is 11.3. The van der Waals surface area contributed by atoms with Gasteiger partial charge in [-0.15, -0.1) is 0 Å². The number of esters is 1. The van der Waals surface area contributed by atoms with Crippen molar-refractivity contribution in [2.45, 2.75) is 6.29 Å². The molecule has 0 aliphatic carbocycles. The smallest absolute Gasteiger partial charge is 0.344 e. The van der Waals surface area contributed by atoms with Crippen LogP contribution in [0.15, 0.2) is 35.9 Å². The third-order valence-corrected chi connectivity index (χ3v) is 2.04. The van der Waals surface area contributed by atoms with E-state index in [4.69, 9.17) is 5.11 Å². The second-order valence-electron chi connectivity index (χ2n) is 3.09. The summed E-state index contributed by atoms with van der Waals surface area (Å²) < 4.78 is 4.36. The largest absolute Gasteiger partial charge is 0.424 e. The Morgan fingerprint density at radius 3 is 2.40 bits per heavy atom. The second-order valence-corrected chi connectivity index (χ2v) is 3.09. The molecular weight excluding hydrogens is 196 g/mol.